The Morgan fingerprint density at radius 2 is 2.27 bits per heavy atom. The molecule has 0 aromatic carbocycles. The summed E-state index contributed by atoms with van der Waals surface area (Å²) in [6.45, 7) is 2.60. The predicted octanol–water partition coefficient (Wildman–Crippen LogP) is -0.226. The largest absolute Gasteiger partial charge is 0.355 e. The minimum Gasteiger partial charge on any atom is -0.355 e. The van der Waals surface area contributed by atoms with Crippen LogP contribution in [-0.2, 0) is 19.3 Å². The van der Waals surface area contributed by atoms with Crippen LogP contribution in [0.15, 0.2) is 0 Å². The normalized spacial score (nSPS) is 22.9. The summed E-state index contributed by atoms with van der Waals surface area (Å²) in [6, 6.07) is 0. The van der Waals surface area contributed by atoms with Crippen LogP contribution in [0, 0.1) is 0 Å². The molecular weight excluding hydrogens is 218 g/mol. The third-order valence-corrected chi connectivity index (χ3v) is 3.24. The van der Waals surface area contributed by atoms with Gasteiger partial charge in [-0.3, -0.25) is 0 Å². The van der Waals surface area contributed by atoms with Crippen LogP contribution in [0.5, 0.6) is 0 Å². The summed E-state index contributed by atoms with van der Waals surface area (Å²) in [5.74, 6) is 0.245. The highest BCUT2D eigenvalue weighted by Crippen LogP contribution is 2.04. The van der Waals surface area contributed by atoms with Crippen molar-refractivity contribution in [3.8, 4) is 0 Å². The zero-order valence-electron chi connectivity index (χ0n) is 9.07. The molecule has 0 saturated carbocycles. The summed E-state index contributed by atoms with van der Waals surface area (Å²) >= 11 is 0. The third kappa shape index (κ3) is 6.83. The van der Waals surface area contributed by atoms with E-state index in [0.717, 1.165) is 19.6 Å². The standard InChI is InChI=1S/C9H19NO4S/c1-15(11,12)6-2-4-10-7-9-3-5-13-8-14-9/h9-10H,2-8H2,1H3. The minimum atomic E-state index is -2.82. The van der Waals surface area contributed by atoms with Crippen LogP contribution in [-0.4, -0.2) is 53.0 Å². The van der Waals surface area contributed by atoms with E-state index in [1.54, 1.807) is 0 Å². The molecule has 1 aliphatic rings. The molecule has 6 heteroatoms. The number of rotatable bonds is 6. The molecule has 1 aliphatic heterocycles. The van der Waals surface area contributed by atoms with Crippen molar-refractivity contribution in [2.75, 3.05) is 38.5 Å². The van der Waals surface area contributed by atoms with Gasteiger partial charge in [0.15, 0.2) is 0 Å². The van der Waals surface area contributed by atoms with Crippen molar-refractivity contribution in [2.24, 2.45) is 0 Å². The summed E-state index contributed by atoms with van der Waals surface area (Å²) in [5, 5.41) is 3.18. The first-order chi connectivity index (χ1) is 7.08. The minimum absolute atomic E-state index is 0.206. The average molecular weight is 237 g/mol. The Morgan fingerprint density at radius 3 is 2.87 bits per heavy atom. The quantitative estimate of drug-likeness (QED) is 0.647. The van der Waals surface area contributed by atoms with E-state index in [2.05, 4.69) is 5.32 Å². The molecule has 0 aliphatic carbocycles. The SMILES string of the molecule is CS(=O)(=O)CCCNCC1CCOCO1. The van der Waals surface area contributed by atoms with E-state index in [0.29, 0.717) is 19.8 Å². The van der Waals surface area contributed by atoms with Crippen molar-refractivity contribution in [3.05, 3.63) is 0 Å². The molecule has 0 amide bonds. The van der Waals surface area contributed by atoms with Crippen LogP contribution >= 0.6 is 0 Å². The Labute approximate surface area is 91.1 Å². The molecule has 0 bridgehead atoms. The lowest BCUT2D eigenvalue weighted by Gasteiger charge is -2.22. The summed E-state index contributed by atoms with van der Waals surface area (Å²) in [6.07, 6.45) is 3.02. The fraction of sp³-hybridized carbons (Fsp3) is 1.00. The maximum atomic E-state index is 10.8. The van der Waals surface area contributed by atoms with E-state index in [9.17, 15) is 8.42 Å². The second-order valence-electron chi connectivity index (χ2n) is 3.79. The highest BCUT2D eigenvalue weighted by Gasteiger charge is 2.13. The molecule has 15 heavy (non-hydrogen) atoms. The van der Waals surface area contributed by atoms with Gasteiger partial charge in [0.25, 0.3) is 0 Å². The second-order valence-corrected chi connectivity index (χ2v) is 6.05. The first-order valence-corrected chi connectivity index (χ1v) is 7.22. The van der Waals surface area contributed by atoms with E-state index in [1.807, 2.05) is 0 Å². The van der Waals surface area contributed by atoms with Crippen molar-refractivity contribution in [2.45, 2.75) is 18.9 Å². The van der Waals surface area contributed by atoms with Crippen molar-refractivity contribution in [1.29, 1.82) is 0 Å². The van der Waals surface area contributed by atoms with Crippen LogP contribution in [0.2, 0.25) is 0 Å². The van der Waals surface area contributed by atoms with Gasteiger partial charge in [0.1, 0.15) is 16.6 Å². The van der Waals surface area contributed by atoms with Gasteiger partial charge in [-0.25, -0.2) is 8.42 Å². The fourth-order valence-electron chi connectivity index (χ4n) is 1.38. The number of hydrogen-bond donors (Lipinski definition) is 1. The molecular formula is C9H19NO4S. The zero-order valence-corrected chi connectivity index (χ0v) is 9.88. The summed E-state index contributed by atoms with van der Waals surface area (Å²) in [7, 11) is -2.82. The molecule has 1 unspecified atom stereocenters. The zero-order chi connectivity index (χ0) is 11.1. The van der Waals surface area contributed by atoms with Crippen molar-refractivity contribution < 1.29 is 17.9 Å². The fourth-order valence-corrected chi connectivity index (χ4v) is 2.05. The Morgan fingerprint density at radius 1 is 1.47 bits per heavy atom. The molecule has 0 aromatic heterocycles. The van der Waals surface area contributed by atoms with Gasteiger partial charge in [-0.15, -0.1) is 0 Å². The summed E-state index contributed by atoms with van der Waals surface area (Å²) < 4.78 is 32.0. The van der Waals surface area contributed by atoms with Crippen LogP contribution < -0.4 is 5.32 Å². The molecule has 90 valence electrons. The number of hydrogen-bond acceptors (Lipinski definition) is 5. The Balaban J connectivity index is 1.96. The molecule has 1 N–H and O–H groups in total. The van der Waals surface area contributed by atoms with E-state index in [1.165, 1.54) is 6.26 Å². The average Bonchev–Trinajstić information content (AvgIpc) is 2.17. The molecule has 0 radical (unpaired) electrons. The van der Waals surface area contributed by atoms with Crippen molar-refractivity contribution in [3.63, 3.8) is 0 Å². The van der Waals surface area contributed by atoms with Gasteiger partial charge in [0.2, 0.25) is 0 Å². The second kappa shape index (κ2) is 6.42. The third-order valence-electron chi connectivity index (χ3n) is 2.21. The van der Waals surface area contributed by atoms with Crippen LogP contribution in [0.1, 0.15) is 12.8 Å². The number of nitrogens with one attached hydrogen (secondary N) is 1. The monoisotopic (exact) mass is 237 g/mol. The lowest BCUT2D eigenvalue weighted by Crippen LogP contribution is -2.34. The van der Waals surface area contributed by atoms with Crippen molar-refractivity contribution >= 4 is 9.84 Å². The predicted molar refractivity (Wildman–Crippen MR) is 57.5 cm³/mol. The smallest absolute Gasteiger partial charge is 0.147 e. The van der Waals surface area contributed by atoms with E-state index >= 15 is 0 Å². The maximum absolute atomic E-state index is 10.8. The topological polar surface area (TPSA) is 64.6 Å². The summed E-state index contributed by atoms with van der Waals surface area (Å²) in [5.41, 5.74) is 0. The van der Waals surface area contributed by atoms with E-state index < -0.39 is 9.84 Å². The van der Waals surface area contributed by atoms with Crippen LogP contribution in [0.25, 0.3) is 0 Å². The van der Waals surface area contributed by atoms with E-state index in [-0.39, 0.29) is 11.9 Å². The van der Waals surface area contributed by atoms with Gasteiger partial charge in [0, 0.05) is 12.8 Å². The van der Waals surface area contributed by atoms with Crippen molar-refractivity contribution in [1.82, 2.24) is 5.32 Å². The van der Waals surface area contributed by atoms with E-state index in [4.69, 9.17) is 9.47 Å². The highest BCUT2D eigenvalue weighted by molar-refractivity contribution is 7.90. The summed E-state index contributed by atoms with van der Waals surface area (Å²) in [4.78, 5) is 0. The lowest BCUT2D eigenvalue weighted by molar-refractivity contribution is -0.137. The maximum Gasteiger partial charge on any atom is 0.147 e. The Hall–Kier alpha value is -0.170. The van der Waals surface area contributed by atoms with Gasteiger partial charge in [-0.2, -0.15) is 0 Å². The van der Waals surface area contributed by atoms with Gasteiger partial charge in [0.05, 0.1) is 18.5 Å². The van der Waals surface area contributed by atoms with Gasteiger partial charge >= 0.3 is 0 Å². The molecule has 0 aromatic rings. The van der Waals surface area contributed by atoms with Gasteiger partial charge < -0.3 is 14.8 Å². The first kappa shape index (κ1) is 12.9. The molecule has 5 nitrogen and oxygen atoms in total. The Kier molecular flexibility index (Phi) is 5.52. The Bertz CT molecular complexity index is 259. The number of ether oxygens (including phenoxy) is 2. The van der Waals surface area contributed by atoms with Crippen LogP contribution in [0.3, 0.4) is 0 Å². The molecule has 1 atom stereocenters. The first-order valence-electron chi connectivity index (χ1n) is 5.16. The molecule has 0 spiro atoms. The molecule has 1 fully saturated rings. The molecule has 1 rings (SSSR count). The number of sulfone groups is 1. The van der Waals surface area contributed by atoms with Gasteiger partial charge in [-0.05, 0) is 19.4 Å². The molecule has 1 saturated heterocycles. The lowest BCUT2D eigenvalue weighted by atomic mass is 10.2. The van der Waals surface area contributed by atoms with Gasteiger partial charge in [-0.1, -0.05) is 0 Å². The van der Waals surface area contributed by atoms with Crippen LogP contribution in [0.4, 0.5) is 0 Å². The molecule has 1 heterocycles. The highest BCUT2D eigenvalue weighted by atomic mass is 32.2.